The van der Waals surface area contributed by atoms with E-state index in [-0.39, 0.29) is 0 Å². The number of nitrogens with zero attached hydrogens (tertiary/aromatic N) is 1. The van der Waals surface area contributed by atoms with Crippen LogP contribution in [0.15, 0.2) is 18.2 Å². The van der Waals surface area contributed by atoms with Gasteiger partial charge in [0.05, 0.1) is 5.02 Å². The molecule has 1 aliphatic heterocycles. The normalized spacial score (nSPS) is 17.4. The molecule has 92 valence electrons. The Morgan fingerprint density at radius 1 is 1.06 bits per heavy atom. The van der Waals surface area contributed by atoms with E-state index < -0.39 is 0 Å². The van der Waals surface area contributed by atoms with Gasteiger partial charge in [0, 0.05) is 24.3 Å². The topological polar surface area (TPSA) is 20.3 Å². The molecule has 0 aromatic heterocycles. The van der Waals surface area contributed by atoms with Crippen molar-refractivity contribution >= 4 is 23.6 Å². The lowest BCUT2D eigenvalue weighted by Gasteiger charge is -2.27. The van der Waals surface area contributed by atoms with E-state index in [2.05, 4.69) is 4.90 Å². The number of hydrogen-bond acceptors (Lipinski definition) is 2. The van der Waals surface area contributed by atoms with Gasteiger partial charge in [-0.2, -0.15) is 0 Å². The van der Waals surface area contributed by atoms with Crippen molar-refractivity contribution in [2.75, 3.05) is 18.0 Å². The molecule has 0 unspecified atom stereocenters. The van der Waals surface area contributed by atoms with Crippen molar-refractivity contribution in [3.63, 3.8) is 0 Å². The van der Waals surface area contributed by atoms with Crippen LogP contribution in [0.1, 0.15) is 42.5 Å². The fourth-order valence-electron chi connectivity index (χ4n) is 2.31. The summed E-state index contributed by atoms with van der Waals surface area (Å²) in [6, 6.07) is 5.72. The summed E-state index contributed by atoms with van der Waals surface area (Å²) in [5.41, 5.74) is 1.71. The van der Waals surface area contributed by atoms with Gasteiger partial charge in [-0.15, -0.1) is 0 Å². The predicted octanol–water partition coefficient (Wildman–Crippen LogP) is 3.92. The highest BCUT2D eigenvalue weighted by atomic mass is 35.5. The zero-order chi connectivity index (χ0) is 12.1. The summed E-state index contributed by atoms with van der Waals surface area (Å²) < 4.78 is 0. The van der Waals surface area contributed by atoms with Crippen LogP contribution >= 0.6 is 11.6 Å². The molecular weight excluding hydrogens is 234 g/mol. The number of hydrogen-bond donors (Lipinski definition) is 0. The van der Waals surface area contributed by atoms with Crippen molar-refractivity contribution in [3.8, 4) is 0 Å². The molecule has 0 saturated carbocycles. The monoisotopic (exact) mass is 251 g/mol. The largest absolute Gasteiger partial charge is 0.371 e. The molecule has 0 aliphatic carbocycles. The van der Waals surface area contributed by atoms with Crippen molar-refractivity contribution < 1.29 is 4.79 Å². The number of benzene rings is 1. The molecule has 0 amide bonds. The second-order valence-electron chi connectivity index (χ2n) is 4.58. The lowest BCUT2D eigenvalue weighted by Crippen LogP contribution is -2.26. The molecule has 2 rings (SSSR count). The molecule has 0 bridgehead atoms. The molecule has 2 nitrogen and oxygen atoms in total. The zero-order valence-electron chi connectivity index (χ0n) is 9.99. The van der Waals surface area contributed by atoms with Gasteiger partial charge in [0.2, 0.25) is 0 Å². The number of carbonyl (C=O) groups is 1. The third-order valence-corrected chi connectivity index (χ3v) is 3.66. The van der Waals surface area contributed by atoms with Crippen LogP contribution < -0.4 is 4.90 Å². The molecule has 1 aliphatic rings. The number of halogens is 1. The third-order valence-electron chi connectivity index (χ3n) is 3.33. The number of carbonyl (C=O) groups excluding carboxylic acids is 1. The minimum absolute atomic E-state index is 0.555. The van der Waals surface area contributed by atoms with Gasteiger partial charge in [0.1, 0.15) is 0 Å². The first-order chi connectivity index (χ1) is 8.31. The zero-order valence-corrected chi connectivity index (χ0v) is 10.7. The Balaban J connectivity index is 2.14. The van der Waals surface area contributed by atoms with Crippen LogP contribution in [0.25, 0.3) is 0 Å². The predicted molar refractivity (Wildman–Crippen MR) is 72.1 cm³/mol. The molecule has 17 heavy (non-hydrogen) atoms. The van der Waals surface area contributed by atoms with Gasteiger partial charge in [-0.05, 0) is 31.0 Å². The number of anilines is 1. The highest BCUT2D eigenvalue weighted by Crippen LogP contribution is 2.24. The first-order valence-electron chi connectivity index (χ1n) is 6.31. The standard InChI is InChI=1S/C14H18ClNO/c15-14-10-13(7-6-12(14)11-17)16-8-4-2-1-3-5-9-16/h6-7,10-11H,1-5,8-9H2. The molecule has 1 aromatic carbocycles. The Hall–Kier alpha value is -1.02. The average Bonchev–Trinajstić information content (AvgIpc) is 2.28. The number of aldehydes is 1. The molecule has 1 fully saturated rings. The Morgan fingerprint density at radius 3 is 2.29 bits per heavy atom. The molecule has 0 radical (unpaired) electrons. The molecule has 1 saturated heterocycles. The smallest absolute Gasteiger partial charge is 0.151 e. The maximum atomic E-state index is 10.7. The van der Waals surface area contributed by atoms with Gasteiger partial charge < -0.3 is 4.90 Å². The summed E-state index contributed by atoms with van der Waals surface area (Å²) in [6.45, 7) is 2.19. The molecule has 1 heterocycles. The third kappa shape index (κ3) is 3.22. The summed E-state index contributed by atoms with van der Waals surface area (Å²) in [4.78, 5) is 13.1. The van der Waals surface area contributed by atoms with Gasteiger partial charge in [-0.1, -0.05) is 30.9 Å². The van der Waals surface area contributed by atoms with Crippen LogP contribution in [-0.4, -0.2) is 19.4 Å². The summed E-state index contributed by atoms with van der Waals surface area (Å²) in [5.74, 6) is 0. The second-order valence-corrected chi connectivity index (χ2v) is 4.99. The highest BCUT2D eigenvalue weighted by molar-refractivity contribution is 6.33. The van der Waals surface area contributed by atoms with E-state index >= 15 is 0 Å². The van der Waals surface area contributed by atoms with Gasteiger partial charge >= 0.3 is 0 Å². The molecule has 0 atom stereocenters. The summed E-state index contributed by atoms with van der Waals surface area (Å²) >= 11 is 6.06. The van der Waals surface area contributed by atoms with E-state index in [9.17, 15) is 4.79 Å². The van der Waals surface area contributed by atoms with Crippen molar-refractivity contribution in [1.82, 2.24) is 0 Å². The maximum absolute atomic E-state index is 10.7. The van der Waals surface area contributed by atoms with Gasteiger partial charge in [0.25, 0.3) is 0 Å². The van der Waals surface area contributed by atoms with Crippen LogP contribution in [-0.2, 0) is 0 Å². The maximum Gasteiger partial charge on any atom is 0.151 e. The van der Waals surface area contributed by atoms with E-state index in [1.54, 1.807) is 0 Å². The van der Waals surface area contributed by atoms with Gasteiger partial charge in [0.15, 0.2) is 6.29 Å². The highest BCUT2D eigenvalue weighted by Gasteiger charge is 2.10. The van der Waals surface area contributed by atoms with Crippen LogP contribution in [0.4, 0.5) is 5.69 Å². The first kappa shape index (κ1) is 12.4. The quantitative estimate of drug-likeness (QED) is 0.743. The Morgan fingerprint density at radius 2 is 1.71 bits per heavy atom. The summed E-state index contributed by atoms with van der Waals surface area (Å²) in [6.07, 6.45) is 7.28. The van der Waals surface area contributed by atoms with Crippen molar-refractivity contribution in [2.45, 2.75) is 32.1 Å². The fraction of sp³-hybridized carbons (Fsp3) is 0.500. The Kier molecular flexibility index (Phi) is 4.43. The molecule has 3 heteroatoms. The van der Waals surface area contributed by atoms with E-state index in [1.807, 2.05) is 18.2 Å². The van der Waals surface area contributed by atoms with E-state index in [0.717, 1.165) is 25.1 Å². The summed E-state index contributed by atoms with van der Waals surface area (Å²) in [5, 5.41) is 0.555. The molecular formula is C14H18ClNO. The Bertz CT molecular complexity index is 384. The lowest BCUT2D eigenvalue weighted by atomic mass is 10.1. The van der Waals surface area contributed by atoms with Gasteiger partial charge in [-0.3, -0.25) is 4.79 Å². The van der Waals surface area contributed by atoms with Crippen molar-refractivity contribution in [1.29, 1.82) is 0 Å². The molecule has 1 aromatic rings. The molecule has 0 spiro atoms. The van der Waals surface area contributed by atoms with E-state index in [0.29, 0.717) is 10.6 Å². The van der Waals surface area contributed by atoms with Crippen molar-refractivity contribution in [2.24, 2.45) is 0 Å². The van der Waals surface area contributed by atoms with Gasteiger partial charge in [-0.25, -0.2) is 0 Å². The molecule has 0 N–H and O–H groups in total. The minimum Gasteiger partial charge on any atom is -0.371 e. The first-order valence-corrected chi connectivity index (χ1v) is 6.69. The van der Waals surface area contributed by atoms with Crippen LogP contribution in [0.3, 0.4) is 0 Å². The lowest BCUT2D eigenvalue weighted by molar-refractivity contribution is 0.112. The van der Waals surface area contributed by atoms with E-state index in [4.69, 9.17) is 11.6 Å². The fourth-order valence-corrected chi connectivity index (χ4v) is 2.53. The van der Waals surface area contributed by atoms with E-state index in [1.165, 1.54) is 32.1 Å². The van der Waals surface area contributed by atoms with Crippen molar-refractivity contribution in [3.05, 3.63) is 28.8 Å². The minimum atomic E-state index is 0.555. The summed E-state index contributed by atoms with van der Waals surface area (Å²) in [7, 11) is 0. The second kappa shape index (κ2) is 6.06. The number of rotatable bonds is 2. The van der Waals surface area contributed by atoms with Crippen LogP contribution in [0.2, 0.25) is 5.02 Å². The average molecular weight is 252 g/mol. The van der Waals surface area contributed by atoms with Crippen LogP contribution in [0.5, 0.6) is 0 Å². The SMILES string of the molecule is O=Cc1ccc(N2CCCCCCC2)cc1Cl. The van der Waals surface area contributed by atoms with Crippen LogP contribution in [0, 0.1) is 0 Å². The Labute approximate surface area is 108 Å².